The largest absolute Gasteiger partial charge is 0.478 e. The molecule has 1 aliphatic rings. The Hall–Kier alpha value is -4.53. The van der Waals surface area contributed by atoms with Gasteiger partial charge in [0.25, 0.3) is 5.88 Å². The first-order chi connectivity index (χ1) is 19.8. The fourth-order valence-electron chi connectivity index (χ4n) is 4.22. The molecule has 1 fully saturated rings. The lowest BCUT2D eigenvalue weighted by Crippen LogP contribution is -2.30. The maximum absolute atomic E-state index is 14.9. The predicted octanol–water partition coefficient (Wildman–Crippen LogP) is 4.72. The molecule has 3 aromatic heterocycles. The number of aromatic nitrogens is 5. The van der Waals surface area contributed by atoms with Crippen LogP contribution in [-0.4, -0.2) is 55.8 Å². The molecule has 0 bridgehead atoms. The van der Waals surface area contributed by atoms with E-state index in [-0.39, 0.29) is 54.8 Å². The average molecular weight is 590 g/mol. The number of methoxy groups -OCH3 is 1. The second-order valence-corrected chi connectivity index (χ2v) is 10.6. The number of nitrogens with one attached hydrogen (secondary N) is 2. The zero-order chi connectivity index (χ0) is 30.3. The zero-order valence-electron chi connectivity index (χ0n) is 22.8. The van der Waals surface area contributed by atoms with Gasteiger partial charge in [0.15, 0.2) is 11.6 Å². The molecule has 0 atom stereocenters. The van der Waals surface area contributed by atoms with Gasteiger partial charge in [-0.3, -0.25) is 9.48 Å². The lowest BCUT2D eigenvalue weighted by Gasteiger charge is -2.21. The molecule has 11 nitrogen and oxygen atoms in total. The number of anilines is 3. The minimum absolute atomic E-state index is 0.0723. The second-order valence-electron chi connectivity index (χ2n) is 10.6. The van der Waals surface area contributed by atoms with Crippen molar-refractivity contribution in [1.29, 1.82) is 0 Å². The van der Waals surface area contributed by atoms with E-state index in [9.17, 15) is 27.5 Å². The van der Waals surface area contributed by atoms with Crippen LogP contribution < -0.4 is 15.4 Å². The molecule has 4 aromatic rings. The molecular weight excluding hydrogens is 562 g/mol. The number of hydrogen-bond acceptors (Lipinski definition) is 9. The summed E-state index contributed by atoms with van der Waals surface area (Å²) >= 11 is 0. The number of aliphatic hydroxyl groups excluding tert-OH is 1. The fourth-order valence-corrected chi connectivity index (χ4v) is 4.22. The highest BCUT2D eigenvalue weighted by Gasteiger charge is 2.66. The van der Waals surface area contributed by atoms with Crippen LogP contribution in [0.15, 0.2) is 47.4 Å². The summed E-state index contributed by atoms with van der Waals surface area (Å²) in [6, 6.07) is 5.30. The Morgan fingerprint density at radius 3 is 2.48 bits per heavy atom. The number of halogens is 4. The van der Waals surface area contributed by atoms with Crippen LogP contribution in [0.2, 0.25) is 0 Å². The molecule has 1 aliphatic carbocycles. The van der Waals surface area contributed by atoms with Gasteiger partial charge >= 0.3 is 6.18 Å². The van der Waals surface area contributed by atoms with Crippen molar-refractivity contribution in [3.05, 3.63) is 60.0 Å². The van der Waals surface area contributed by atoms with Crippen molar-refractivity contribution in [3.8, 4) is 17.0 Å². The molecule has 0 unspecified atom stereocenters. The Morgan fingerprint density at radius 2 is 1.88 bits per heavy atom. The Morgan fingerprint density at radius 1 is 1.17 bits per heavy atom. The third kappa shape index (κ3) is 5.64. The third-order valence-electron chi connectivity index (χ3n) is 7.06. The maximum Gasteiger partial charge on any atom is 0.401 e. The first kappa shape index (κ1) is 29.0. The zero-order valence-corrected chi connectivity index (χ0v) is 22.8. The van der Waals surface area contributed by atoms with Crippen molar-refractivity contribution in [1.82, 2.24) is 24.9 Å². The van der Waals surface area contributed by atoms with Gasteiger partial charge in [0.1, 0.15) is 16.9 Å². The number of rotatable bonds is 10. The quantitative estimate of drug-likeness (QED) is 0.224. The number of aliphatic hydroxyl groups is 1. The number of amides is 1. The molecule has 0 radical (unpaired) electrons. The molecule has 0 aliphatic heterocycles. The van der Waals surface area contributed by atoms with E-state index in [4.69, 9.17) is 9.26 Å². The van der Waals surface area contributed by atoms with E-state index >= 15 is 0 Å². The SMILES string of the molecule is COc1nn(C(C)(C)CO)cc1Nc1ncc(-c2ccc(CC(=O)Nc3cc(C4(C(F)(F)F)CC4)on3)c(F)c2)cn1. The van der Waals surface area contributed by atoms with Gasteiger partial charge < -0.3 is 25.0 Å². The van der Waals surface area contributed by atoms with Crippen LogP contribution in [0.1, 0.15) is 38.0 Å². The van der Waals surface area contributed by atoms with Crippen molar-refractivity contribution in [2.75, 3.05) is 24.4 Å². The van der Waals surface area contributed by atoms with Crippen LogP contribution >= 0.6 is 0 Å². The third-order valence-corrected chi connectivity index (χ3v) is 7.06. The molecule has 3 N–H and O–H groups in total. The number of benzene rings is 1. The van der Waals surface area contributed by atoms with Crippen LogP contribution in [0.5, 0.6) is 5.88 Å². The molecule has 42 heavy (non-hydrogen) atoms. The summed E-state index contributed by atoms with van der Waals surface area (Å²) < 4.78 is 66.4. The highest BCUT2D eigenvalue weighted by atomic mass is 19.4. The molecule has 5 rings (SSSR count). The molecule has 3 heterocycles. The minimum Gasteiger partial charge on any atom is -0.478 e. The van der Waals surface area contributed by atoms with Gasteiger partial charge in [-0.05, 0) is 43.9 Å². The van der Waals surface area contributed by atoms with Crippen LogP contribution in [0.25, 0.3) is 11.1 Å². The lowest BCUT2D eigenvalue weighted by atomic mass is 10.0. The van der Waals surface area contributed by atoms with Crippen molar-refractivity contribution in [2.24, 2.45) is 0 Å². The van der Waals surface area contributed by atoms with E-state index in [1.807, 2.05) is 13.8 Å². The summed E-state index contributed by atoms with van der Waals surface area (Å²) in [6.45, 7) is 3.47. The molecular formula is C27H27F4N7O4. The maximum atomic E-state index is 14.9. The van der Waals surface area contributed by atoms with Gasteiger partial charge in [0, 0.05) is 24.0 Å². The molecule has 0 saturated heterocycles. The number of carbonyl (C=O) groups excluding carboxylic acids is 1. The lowest BCUT2D eigenvalue weighted by molar-refractivity contribution is -0.165. The molecule has 0 spiro atoms. The van der Waals surface area contributed by atoms with E-state index in [0.29, 0.717) is 16.8 Å². The number of hydrogen-bond donors (Lipinski definition) is 3. The number of alkyl halides is 3. The smallest absolute Gasteiger partial charge is 0.401 e. The van der Waals surface area contributed by atoms with Gasteiger partial charge in [-0.15, -0.1) is 5.10 Å². The van der Waals surface area contributed by atoms with E-state index in [2.05, 4.69) is 30.9 Å². The Labute approximate surface area is 236 Å². The Bertz CT molecular complexity index is 1590. The number of carbonyl (C=O) groups is 1. The topological polar surface area (TPSA) is 140 Å². The van der Waals surface area contributed by atoms with Gasteiger partial charge in [0.2, 0.25) is 11.9 Å². The van der Waals surface area contributed by atoms with Gasteiger partial charge in [0.05, 0.1) is 31.9 Å². The standard InChI is InChI=1S/C27H27F4N7O4/c1-25(2,14-39)38-13-19(23(36-38)41-3)34-24-32-11-17(12-33-24)15-4-5-16(18(28)8-15)9-22(40)35-21-10-20(42-37-21)26(6-7-26)27(29,30)31/h4-5,8,10-13,39H,6-7,9,14H2,1-3H3,(H,32,33,34)(H,35,37,40). The fraction of sp³-hybridized carbons (Fsp3) is 0.370. The summed E-state index contributed by atoms with van der Waals surface area (Å²) in [4.78, 5) is 21.0. The first-order valence-corrected chi connectivity index (χ1v) is 12.8. The highest BCUT2D eigenvalue weighted by molar-refractivity contribution is 5.91. The minimum atomic E-state index is -4.48. The molecule has 1 saturated carbocycles. The number of ether oxygens (including phenoxy) is 1. The predicted molar refractivity (Wildman–Crippen MR) is 142 cm³/mol. The highest BCUT2D eigenvalue weighted by Crippen LogP contribution is 2.59. The average Bonchev–Trinajstić information content (AvgIpc) is 3.48. The second kappa shape index (κ2) is 10.7. The van der Waals surface area contributed by atoms with Crippen molar-refractivity contribution in [3.63, 3.8) is 0 Å². The van der Waals surface area contributed by atoms with Gasteiger partial charge in [-0.25, -0.2) is 14.4 Å². The van der Waals surface area contributed by atoms with Crippen molar-refractivity contribution in [2.45, 2.75) is 50.2 Å². The Kier molecular flexibility index (Phi) is 7.39. The number of nitrogens with zero attached hydrogens (tertiary/aromatic N) is 5. The molecule has 222 valence electrons. The Balaban J connectivity index is 1.22. The molecule has 1 amide bonds. The van der Waals surface area contributed by atoms with Crippen LogP contribution in [0, 0.1) is 5.82 Å². The summed E-state index contributed by atoms with van der Waals surface area (Å²) in [5.41, 5.74) is -1.20. The summed E-state index contributed by atoms with van der Waals surface area (Å²) in [5, 5.41) is 22.8. The van der Waals surface area contributed by atoms with Crippen LogP contribution in [0.4, 0.5) is 35.0 Å². The van der Waals surface area contributed by atoms with Crippen molar-refractivity contribution < 1.29 is 36.7 Å². The molecule has 15 heteroatoms. The summed E-state index contributed by atoms with van der Waals surface area (Å²) in [5.74, 6) is -1.35. The van der Waals surface area contributed by atoms with E-state index < -0.39 is 28.9 Å². The van der Waals surface area contributed by atoms with Crippen LogP contribution in [0.3, 0.4) is 0 Å². The monoisotopic (exact) mass is 589 g/mol. The first-order valence-electron chi connectivity index (χ1n) is 12.8. The van der Waals surface area contributed by atoms with E-state index in [1.165, 1.54) is 31.6 Å². The summed E-state index contributed by atoms with van der Waals surface area (Å²) in [6.07, 6.45) is -0.431. The van der Waals surface area contributed by atoms with Crippen LogP contribution in [-0.2, 0) is 22.2 Å². The van der Waals surface area contributed by atoms with Crippen molar-refractivity contribution >= 4 is 23.4 Å². The van der Waals surface area contributed by atoms with E-state index in [0.717, 1.165) is 6.07 Å². The summed E-state index contributed by atoms with van der Waals surface area (Å²) in [7, 11) is 1.46. The molecule has 1 aromatic carbocycles. The normalized spacial score (nSPS) is 14.5. The van der Waals surface area contributed by atoms with Gasteiger partial charge in [-0.2, -0.15) is 13.2 Å². The van der Waals surface area contributed by atoms with E-state index in [1.54, 1.807) is 16.9 Å². The van der Waals surface area contributed by atoms with Gasteiger partial charge in [-0.1, -0.05) is 17.3 Å².